The molecule has 52 heavy (non-hydrogen) atoms. The van der Waals surface area contributed by atoms with E-state index in [4.69, 9.17) is 4.74 Å². The van der Waals surface area contributed by atoms with E-state index in [0.29, 0.717) is 0 Å². The van der Waals surface area contributed by atoms with Gasteiger partial charge in [0.05, 0.1) is 5.41 Å². The first-order chi connectivity index (χ1) is 25.5. The van der Waals surface area contributed by atoms with Gasteiger partial charge in [0.1, 0.15) is 11.5 Å². The van der Waals surface area contributed by atoms with Crippen LogP contribution in [0.25, 0.3) is 33.0 Å². The summed E-state index contributed by atoms with van der Waals surface area (Å²) < 4.78 is 6.95. The van der Waals surface area contributed by atoms with E-state index >= 15 is 0 Å². The molecule has 2 aliphatic carbocycles. The fraction of sp³-hybridized carbons (Fsp3) is 0.0800. The van der Waals surface area contributed by atoms with Crippen LogP contribution >= 0.6 is 0 Å². The zero-order chi connectivity index (χ0) is 34.6. The Morgan fingerprint density at radius 2 is 0.865 bits per heavy atom. The third-order valence-corrected chi connectivity index (χ3v) is 11.9. The second kappa shape index (κ2) is 10.6. The van der Waals surface area contributed by atoms with Gasteiger partial charge in [0.2, 0.25) is 0 Å². The quantitative estimate of drug-likeness (QED) is 0.186. The first-order valence-electron chi connectivity index (χ1n) is 18.2. The maximum absolute atomic E-state index is 6.95. The zero-order valence-corrected chi connectivity index (χ0v) is 29.1. The third-order valence-electron chi connectivity index (χ3n) is 11.9. The van der Waals surface area contributed by atoms with E-state index < -0.39 is 5.41 Å². The van der Waals surface area contributed by atoms with Gasteiger partial charge in [-0.1, -0.05) is 135 Å². The van der Waals surface area contributed by atoms with E-state index in [1.54, 1.807) is 0 Å². The summed E-state index contributed by atoms with van der Waals surface area (Å²) in [6, 6.07) is 64.6. The normalized spacial score (nSPS) is 14.8. The Labute approximate surface area is 304 Å². The topological polar surface area (TPSA) is 12.5 Å². The largest absolute Gasteiger partial charge is 0.457 e. The molecular formula is C50H35NO. The number of hydrogen-bond acceptors (Lipinski definition) is 2. The van der Waals surface area contributed by atoms with Gasteiger partial charge in [-0.3, -0.25) is 0 Å². The van der Waals surface area contributed by atoms with E-state index in [0.717, 1.165) is 34.1 Å². The zero-order valence-electron chi connectivity index (χ0n) is 29.1. The molecule has 0 radical (unpaired) electrons. The summed E-state index contributed by atoms with van der Waals surface area (Å²) in [5, 5.41) is 2.38. The van der Waals surface area contributed by atoms with Crippen LogP contribution < -0.4 is 9.64 Å². The van der Waals surface area contributed by atoms with Gasteiger partial charge in [0.25, 0.3) is 0 Å². The minimum atomic E-state index is -0.569. The van der Waals surface area contributed by atoms with Gasteiger partial charge < -0.3 is 9.64 Å². The fourth-order valence-electron chi connectivity index (χ4n) is 9.57. The first kappa shape index (κ1) is 29.4. The summed E-state index contributed by atoms with van der Waals surface area (Å²) >= 11 is 0. The second-order valence-electron chi connectivity index (χ2n) is 14.9. The molecule has 2 nitrogen and oxygen atoms in total. The maximum atomic E-state index is 6.95. The highest BCUT2D eigenvalue weighted by Gasteiger charge is 2.51. The molecule has 2 heteroatoms. The Kier molecular flexibility index (Phi) is 5.97. The Morgan fingerprint density at radius 3 is 1.56 bits per heavy atom. The van der Waals surface area contributed by atoms with Crippen molar-refractivity contribution in [1.29, 1.82) is 0 Å². The summed E-state index contributed by atoms with van der Waals surface area (Å²) in [7, 11) is 0. The molecule has 1 spiro atoms. The van der Waals surface area contributed by atoms with Crippen LogP contribution in [0.4, 0.5) is 17.1 Å². The molecule has 1 aliphatic heterocycles. The van der Waals surface area contributed by atoms with E-state index in [1.165, 1.54) is 60.8 Å². The summed E-state index contributed by atoms with van der Waals surface area (Å²) in [6.45, 7) is 4.70. The monoisotopic (exact) mass is 665 g/mol. The van der Waals surface area contributed by atoms with Crippen molar-refractivity contribution in [2.45, 2.75) is 24.7 Å². The van der Waals surface area contributed by atoms with Crippen molar-refractivity contribution in [3.63, 3.8) is 0 Å². The number of fused-ring (bicyclic) bond motifs is 13. The van der Waals surface area contributed by atoms with Gasteiger partial charge in [0.15, 0.2) is 0 Å². The summed E-state index contributed by atoms with van der Waals surface area (Å²) in [6.07, 6.45) is 0. The summed E-state index contributed by atoms with van der Waals surface area (Å²) in [5.41, 5.74) is 15.5. The van der Waals surface area contributed by atoms with Crippen LogP contribution in [0.15, 0.2) is 176 Å². The summed E-state index contributed by atoms with van der Waals surface area (Å²) in [5.74, 6) is 1.79. The lowest BCUT2D eigenvalue weighted by Crippen LogP contribution is -2.32. The predicted octanol–water partition coefficient (Wildman–Crippen LogP) is 13.1. The van der Waals surface area contributed by atoms with Crippen LogP contribution in [0.5, 0.6) is 11.5 Å². The van der Waals surface area contributed by atoms with Crippen molar-refractivity contribution in [2.24, 2.45) is 0 Å². The van der Waals surface area contributed by atoms with Crippen molar-refractivity contribution in [3.8, 4) is 33.8 Å². The molecule has 0 amide bonds. The van der Waals surface area contributed by atoms with E-state index in [2.05, 4.69) is 195 Å². The minimum absolute atomic E-state index is 0.109. The van der Waals surface area contributed by atoms with Crippen molar-refractivity contribution >= 4 is 27.8 Å². The van der Waals surface area contributed by atoms with Gasteiger partial charge in [-0.05, 0) is 110 Å². The average molecular weight is 666 g/mol. The molecule has 246 valence electrons. The Balaban J connectivity index is 1.18. The highest BCUT2D eigenvalue weighted by atomic mass is 16.5. The van der Waals surface area contributed by atoms with Crippen LogP contribution in [0.3, 0.4) is 0 Å². The van der Waals surface area contributed by atoms with Crippen LogP contribution in [0, 0.1) is 0 Å². The standard InChI is InChI=1S/C50H35NO/c1-49(2)41-21-11-8-18-37(41)40-26-24-35(30-44(40)49)51(34-16-4-3-5-17-34)36-25-27-47-46(31-36)50(45-28-32-14-6-7-15-33(32)29-48(45)52-47)42-22-12-9-19-38(42)39-20-10-13-23-43(39)50/h3-31H,1-2H3. The lowest BCUT2D eigenvalue weighted by Gasteiger charge is -2.40. The van der Waals surface area contributed by atoms with Gasteiger partial charge in [-0.2, -0.15) is 0 Å². The number of nitrogens with zero attached hydrogens (tertiary/aromatic N) is 1. The molecule has 0 fully saturated rings. The van der Waals surface area contributed by atoms with Crippen LogP contribution in [0.1, 0.15) is 47.2 Å². The average Bonchev–Trinajstić information content (AvgIpc) is 3.61. The highest BCUT2D eigenvalue weighted by Crippen LogP contribution is 2.63. The van der Waals surface area contributed by atoms with Gasteiger partial charge in [-0.15, -0.1) is 0 Å². The van der Waals surface area contributed by atoms with Crippen molar-refractivity contribution in [3.05, 3.63) is 209 Å². The van der Waals surface area contributed by atoms with E-state index in [9.17, 15) is 0 Å². The lowest BCUT2D eigenvalue weighted by molar-refractivity contribution is 0.437. The number of para-hydroxylation sites is 1. The second-order valence-corrected chi connectivity index (χ2v) is 14.9. The summed E-state index contributed by atoms with van der Waals surface area (Å²) in [4.78, 5) is 2.41. The van der Waals surface area contributed by atoms with Gasteiger partial charge >= 0.3 is 0 Å². The SMILES string of the molecule is CC1(C)c2ccccc2-c2ccc(N(c3ccccc3)c3ccc4c(c3)C3(c5cc6ccccc6cc5O4)c4ccccc4-c4ccccc43)cc21. The smallest absolute Gasteiger partial charge is 0.132 e. The number of anilines is 3. The van der Waals surface area contributed by atoms with Crippen LogP contribution in [-0.2, 0) is 10.8 Å². The molecule has 3 aliphatic rings. The molecule has 1 heterocycles. The fourth-order valence-corrected chi connectivity index (χ4v) is 9.57. The molecule has 0 atom stereocenters. The molecule has 8 aromatic rings. The highest BCUT2D eigenvalue weighted by molar-refractivity contribution is 5.94. The third kappa shape index (κ3) is 3.84. The molecule has 0 saturated carbocycles. The molecule has 0 N–H and O–H groups in total. The number of benzene rings is 8. The molecule has 11 rings (SSSR count). The van der Waals surface area contributed by atoms with Crippen LogP contribution in [0.2, 0.25) is 0 Å². The van der Waals surface area contributed by atoms with E-state index in [1.807, 2.05) is 0 Å². The van der Waals surface area contributed by atoms with Crippen molar-refractivity contribution < 1.29 is 4.74 Å². The number of ether oxygens (including phenoxy) is 1. The molecule has 0 bridgehead atoms. The molecule has 8 aromatic carbocycles. The Hall–Kier alpha value is -6.38. The van der Waals surface area contributed by atoms with E-state index in [-0.39, 0.29) is 5.41 Å². The van der Waals surface area contributed by atoms with Gasteiger partial charge in [-0.25, -0.2) is 0 Å². The molecule has 0 unspecified atom stereocenters. The minimum Gasteiger partial charge on any atom is -0.457 e. The van der Waals surface area contributed by atoms with Crippen LogP contribution in [-0.4, -0.2) is 0 Å². The number of hydrogen-bond donors (Lipinski definition) is 0. The lowest BCUT2D eigenvalue weighted by atomic mass is 9.65. The molecule has 0 aromatic heterocycles. The molecular weight excluding hydrogens is 631 g/mol. The first-order valence-corrected chi connectivity index (χ1v) is 18.2. The number of rotatable bonds is 3. The Bertz CT molecular complexity index is 2710. The Morgan fingerprint density at radius 1 is 0.365 bits per heavy atom. The van der Waals surface area contributed by atoms with Crippen molar-refractivity contribution in [1.82, 2.24) is 0 Å². The van der Waals surface area contributed by atoms with Crippen molar-refractivity contribution in [2.75, 3.05) is 4.90 Å². The molecule has 0 saturated heterocycles. The maximum Gasteiger partial charge on any atom is 0.132 e. The predicted molar refractivity (Wildman–Crippen MR) is 214 cm³/mol. The van der Waals surface area contributed by atoms with Gasteiger partial charge in [0, 0.05) is 33.6 Å².